The molecule has 0 amide bonds. The molecule has 0 bridgehead atoms. The third-order valence-electron chi connectivity index (χ3n) is 3.64. The molecule has 0 unspecified atom stereocenters. The van der Waals surface area contributed by atoms with Crippen LogP contribution < -0.4 is 15.5 Å². The van der Waals surface area contributed by atoms with Crippen molar-refractivity contribution < 1.29 is 0 Å². The van der Waals surface area contributed by atoms with E-state index in [0.717, 1.165) is 5.69 Å². The minimum absolute atomic E-state index is 0.179. The predicted octanol–water partition coefficient (Wildman–Crippen LogP) is 3.93. The average Bonchev–Trinajstić information content (AvgIpc) is 2.64. The van der Waals surface area contributed by atoms with Crippen molar-refractivity contribution in [2.45, 2.75) is 0 Å². The minimum atomic E-state index is -0.179. The summed E-state index contributed by atoms with van der Waals surface area (Å²) in [6, 6.07) is 18.7. The molecule has 3 rings (SSSR count). The van der Waals surface area contributed by atoms with Gasteiger partial charge in [0.05, 0.1) is 5.69 Å². The zero-order chi connectivity index (χ0) is 17.8. The second-order valence-corrected chi connectivity index (χ2v) is 5.74. The molecule has 1 heterocycles. The van der Waals surface area contributed by atoms with Gasteiger partial charge in [-0.05, 0) is 42.5 Å². The Morgan fingerprint density at radius 3 is 2.32 bits per heavy atom. The van der Waals surface area contributed by atoms with Gasteiger partial charge in [0.2, 0.25) is 5.95 Å². The molecule has 0 saturated heterocycles. The van der Waals surface area contributed by atoms with Crippen molar-refractivity contribution in [1.82, 2.24) is 9.97 Å². The SMILES string of the molecule is CN(c1ccccc1)c1ccnc(N(C(=N)N)c2ccc(Cl)cc2)n1. The first-order chi connectivity index (χ1) is 12.1. The Labute approximate surface area is 151 Å². The van der Waals surface area contributed by atoms with Crippen molar-refractivity contribution in [2.24, 2.45) is 5.73 Å². The topological polar surface area (TPSA) is 82.1 Å². The van der Waals surface area contributed by atoms with Crippen LogP contribution in [0.25, 0.3) is 0 Å². The lowest BCUT2D eigenvalue weighted by molar-refractivity contribution is 1.04. The van der Waals surface area contributed by atoms with Gasteiger partial charge in [-0.1, -0.05) is 29.8 Å². The summed E-state index contributed by atoms with van der Waals surface area (Å²) in [6.45, 7) is 0. The van der Waals surface area contributed by atoms with Crippen molar-refractivity contribution in [3.05, 3.63) is 71.9 Å². The summed E-state index contributed by atoms with van der Waals surface area (Å²) in [5, 5.41) is 8.50. The Kier molecular flexibility index (Phi) is 4.81. The highest BCUT2D eigenvalue weighted by atomic mass is 35.5. The monoisotopic (exact) mass is 352 g/mol. The molecule has 0 spiro atoms. The van der Waals surface area contributed by atoms with Gasteiger partial charge in [-0.2, -0.15) is 4.98 Å². The van der Waals surface area contributed by atoms with Crippen LogP contribution >= 0.6 is 11.6 Å². The molecule has 126 valence electrons. The summed E-state index contributed by atoms with van der Waals surface area (Å²) in [5.74, 6) is 0.827. The van der Waals surface area contributed by atoms with E-state index in [9.17, 15) is 0 Å². The summed E-state index contributed by atoms with van der Waals surface area (Å²) in [7, 11) is 1.92. The molecule has 3 aromatic rings. The van der Waals surface area contributed by atoms with E-state index in [-0.39, 0.29) is 5.96 Å². The Morgan fingerprint density at radius 2 is 1.68 bits per heavy atom. The van der Waals surface area contributed by atoms with E-state index in [4.69, 9.17) is 22.7 Å². The third-order valence-corrected chi connectivity index (χ3v) is 3.89. The average molecular weight is 353 g/mol. The lowest BCUT2D eigenvalue weighted by Gasteiger charge is -2.23. The number of rotatable bonds is 4. The Morgan fingerprint density at radius 1 is 1.00 bits per heavy atom. The van der Waals surface area contributed by atoms with Crippen LogP contribution in [-0.2, 0) is 0 Å². The van der Waals surface area contributed by atoms with Crippen LogP contribution in [0, 0.1) is 5.41 Å². The first kappa shape index (κ1) is 16.7. The van der Waals surface area contributed by atoms with Gasteiger partial charge < -0.3 is 10.6 Å². The molecule has 0 atom stereocenters. The van der Waals surface area contributed by atoms with Gasteiger partial charge in [-0.3, -0.25) is 5.41 Å². The summed E-state index contributed by atoms with van der Waals surface area (Å²) >= 11 is 5.94. The fourth-order valence-electron chi connectivity index (χ4n) is 2.37. The molecule has 3 N–H and O–H groups in total. The third kappa shape index (κ3) is 3.70. The Bertz CT molecular complexity index is 866. The molecular formula is C18H17ClN6. The zero-order valence-corrected chi connectivity index (χ0v) is 14.4. The molecule has 6 nitrogen and oxygen atoms in total. The molecule has 7 heteroatoms. The standard InChI is InChI=1S/C18H17ClN6/c1-24(14-5-3-2-4-6-14)16-11-12-22-18(23-16)25(17(20)21)15-9-7-13(19)8-10-15/h2-12H,1H3,(H3,20,21). The van der Waals surface area contributed by atoms with Crippen LogP contribution in [0.5, 0.6) is 0 Å². The smallest absolute Gasteiger partial charge is 0.238 e. The maximum atomic E-state index is 7.90. The van der Waals surface area contributed by atoms with Gasteiger partial charge in [0.25, 0.3) is 0 Å². The minimum Gasteiger partial charge on any atom is -0.369 e. The second-order valence-electron chi connectivity index (χ2n) is 5.31. The van der Waals surface area contributed by atoms with E-state index < -0.39 is 0 Å². The second kappa shape index (κ2) is 7.19. The lowest BCUT2D eigenvalue weighted by Crippen LogP contribution is -2.33. The van der Waals surface area contributed by atoms with Gasteiger partial charge in [-0.15, -0.1) is 0 Å². The van der Waals surface area contributed by atoms with Crippen molar-refractivity contribution in [3.8, 4) is 0 Å². The molecule has 2 aromatic carbocycles. The zero-order valence-electron chi connectivity index (χ0n) is 13.6. The van der Waals surface area contributed by atoms with Gasteiger partial charge in [0, 0.05) is 24.0 Å². The molecular weight excluding hydrogens is 336 g/mol. The van der Waals surface area contributed by atoms with E-state index in [0.29, 0.717) is 22.5 Å². The van der Waals surface area contributed by atoms with Crippen molar-refractivity contribution in [2.75, 3.05) is 16.8 Å². The quantitative estimate of drug-likeness (QED) is 0.549. The number of guanidine groups is 1. The number of aromatic nitrogens is 2. The molecule has 0 aliphatic rings. The summed E-state index contributed by atoms with van der Waals surface area (Å²) in [5.41, 5.74) is 7.42. The van der Waals surface area contributed by atoms with E-state index in [2.05, 4.69) is 9.97 Å². The number of halogens is 1. The van der Waals surface area contributed by atoms with Crippen molar-refractivity contribution >= 4 is 40.7 Å². The van der Waals surface area contributed by atoms with Crippen LogP contribution in [0.4, 0.5) is 23.1 Å². The number of nitrogens with two attached hydrogens (primary N) is 1. The Hall–Kier alpha value is -3.12. The molecule has 0 aliphatic heterocycles. The fourth-order valence-corrected chi connectivity index (χ4v) is 2.50. The van der Waals surface area contributed by atoms with Crippen LogP contribution in [0.2, 0.25) is 5.02 Å². The van der Waals surface area contributed by atoms with Crippen molar-refractivity contribution in [3.63, 3.8) is 0 Å². The summed E-state index contributed by atoms with van der Waals surface area (Å²) in [4.78, 5) is 12.2. The van der Waals surface area contributed by atoms with E-state index in [1.165, 1.54) is 4.90 Å². The molecule has 1 aromatic heterocycles. The number of hydrogen-bond acceptors (Lipinski definition) is 4. The number of anilines is 4. The number of benzene rings is 2. The van der Waals surface area contributed by atoms with Crippen LogP contribution in [0.3, 0.4) is 0 Å². The molecule has 0 saturated carbocycles. The first-order valence-electron chi connectivity index (χ1n) is 7.58. The highest BCUT2D eigenvalue weighted by Gasteiger charge is 2.17. The van der Waals surface area contributed by atoms with Gasteiger partial charge >= 0.3 is 0 Å². The highest BCUT2D eigenvalue weighted by Crippen LogP contribution is 2.26. The maximum Gasteiger partial charge on any atom is 0.238 e. The number of nitrogens with zero attached hydrogens (tertiary/aromatic N) is 4. The molecule has 0 aliphatic carbocycles. The molecule has 0 fully saturated rings. The molecule has 0 radical (unpaired) electrons. The van der Waals surface area contributed by atoms with Gasteiger partial charge in [0.15, 0.2) is 5.96 Å². The van der Waals surface area contributed by atoms with E-state index in [1.807, 2.05) is 42.3 Å². The fraction of sp³-hybridized carbons (Fsp3) is 0.0556. The number of hydrogen-bond donors (Lipinski definition) is 2. The summed E-state index contributed by atoms with van der Waals surface area (Å²) < 4.78 is 0. The van der Waals surface area contributed by atoms with E-state index in [1.54, 1.807) is 36.5 Å². The van der Waals surface area contributed by atoms with E-state index >= 15 is 0 Å². The van der Waals surface area contributed by atoms with Crippen LogP contribution in [-0.4, -0.2) is 23.0 Å². The lowest BCUT2D eigenvalue weighted by atomic mass is 10.3. The van der Waals surface area contributed by atoms with Gasteiger partial charge in [-0.25, -0.2) is 9.88 Å². The van der Waals surface area contributed by atoms with Crippen LogP contribution in [0.1, 0.15) is 0 Å². The number of nitrogens with one attached hydrogen (secondary N) is 1. The Balaban J connectivity index is 1.98. The predicted molar refractivity (Wildman–Crippen MR) is 102 cm³/mol. The van der Waals surface area contributed by atoms with Crippen molar-refractivity contribution in [1.29, 1.82) is 5.41 Å². The first-order valence-corrected chi connectivity index (χ1v) is 7.95. The van der Waals surface area contributed by atoms with Crippen LogP contribution in [0.15, 0.2) is 66.9 Å². The van der Waals surface area contributed by atoms with Gasteiger partial charge in [0.1, 0.15) is 5.82 Å². The highest BCUT2D eigenvalue weighted by molar-refractivity contribution is 6.30. The maximum absolute atomic E-state index is 7.90. The summed E-state index contributed by atoms with van der Waals surface area (Å²) in [6.07, 6.45) is 1.64. The largest absolute Gasteiger partial charge is 0.369 e. The number of para-hydroxylation sites is 1. The molecule has 25 heavy (non-hydrogen) atoms. The normalized spacial score (nSPS) is 10.3.